The van der Waals surface area contributed by atoms with Crippen molar-refractivity contribution >= 4 is 23.1 Å². The van der Waals surface area contributed by atoms with Crippen molar-refractivity contribution in [3.8, 4) is 11.3 Å². The topological polar surface area (TPSA) is 68.0 Å². The summed E-state index contributed by atoms with van der Waals surface area (Å²) < 4.78 is 5.24. The van der Waals surface area contributed by atoms with E-state index in [-0.39, 0.29) is 11.3 Å². The molecule has 0 atom stereocenters. The van der Waals surface area contributed by atoms with Crippen molar-refractivity contribution in [2.75, 3.05) is 5.32 Å². The molecular weight excluding hydrogens is 334 g/mol. The van der Waals surface area contributed by atoms with E-state index in [1.807, 2.05) is 12.1 Å². The number of aromatic nitrogens is 2. The van der Waals surface area contributed by atoms with Gasteiger partial charge in [0.2, 0.25) is 5.88 Å². The molecular formula is C19H21N3O2S. The molecule has 0 aliphatic heterocycles. The Hall–Kier alpha value is -2.47. The summed E-state index contributed by atoms with van der Waals surface area (Å²) in [4.78, 5) is 17.2. The largest absolute Gasteiger partial charge is 0.338 e. The smallest absolute Gasteiger partial charge is 0.269 e. The second kappa shape index (κ2) is 6.80. The Bertz CT molecular complexity index is 873. The molecule has 2 heterocycles. The van der Waals surface area contributed by atoms with E-state index in [0.29, 0.717) is 16.5 Å². The summed E-state index contributed by atoms with van der Waals surface area (Å²) in [5.74, 6) is 0.0855. The first-order valence-corrected chi connectivity index (χ1v) is 9.02. The molecule has 0 unspecified atom stereocenters. The van der Waals surface area contributed by atoms with Crippen LogP contribution in [0.25, 0.3) is 11.3 Å². The Labute approximate surface area is 151 Å². The summed E-state index contributed by atoms with van der Waals surface area (Å²) in [6.45, 7) is 8.32. The first-order valence-electron chi connectivity index (χ1n) is 8.20. The molecule has 1 aromatic carbocycles. The molecule has 0 spiro atoms. The predicted octanol–water partition coefficient (Wildman–Crippen LogP) is 4.91. The number of benzene rings is 1. The Morgan fingerprint density at radius 2 is 1.96 bits per heavy atom. The van der Waals surface area contributed by atoms with Crippen LogP contribution in [0.3, 0.4) is 0 Å². The lowest BCUT2D eigenvalue weighted by molar-refractivity contribution is 0.102. The number of anilines is 1. The van der Waals surface area contributed by atoms with Crippen LogP contribution < -0.4 is 5.32 Å². The van der Waals surface area contributed by atoms with Crippen molar-refractivity contribution in [2.45, 2.75) is 39.5 Å². The second-order valence-electron chi connectivity index (χ2n) is 6.86. The summed E-state index contributed by atoms with van der Waals surface area (Å²) >= 11 is 1.39. The number of amides is 1. The molecule has 1 amide bonds. The number of aryl methyl sites for hydroxylation is 1. The fourth-order valence-electron chi connectivity index (χ4n) is 2.28. The molecule has 0 bridgehead atoms. The molecule has 0 saturated carbocycles. The van der Waals surface area contributed by atoms with Crippen LogP contribution in [-0.4, -0.2) is 16.0 Å². The molecule has 0 aliphatic carbocycles. The maximum absolute atomic E-state index is 12.4. The highest BCUT2D eigenvalue weighted by Gasteiger charge is 2.21. The van der Waals surface area contributed by atoms with Gasteiger partial charge in [0.25, 0.3) is 5.91 Å². The summed E-state index contributed by atoms with van der Waals surface area (Å²) in [5, 5.41) is 7.69. The lowest BCUT2D eigenvalue weighted by Crippen LogP contribution is -2.10. The summed E-state index contributed by atoms with van der Waals surface area (Å²) in [7, 11) is 0. The van der Waals surface area contributed by atoms with Crippen LogP contribution in [-0.2, 0) is 11.8 Å². The van der Waals surface area contributed by atoms with Gasteiger partial charge in [-0.3, -0.25) is 10.1 Å². The molecule has 0 aliphatic rings. The van der Waals surface area contributed by atoms with Gasteiger partial charge in [0, 0.05) is 17.0 Å². The summed E-state index contributed by atoms with van der Waals surface area (Å²) in [6, 6.07) is 9.86. The van der Waals surface area contributed by atoms with Crippen LogP contribution in [0.4, 0.5) is 5.88 Å². The van der Waals surface area contributed by atoms with Crippen LogP contribution in [0.2, 0.25) is 0 Å². The zero-order valence-electron chi connectivity index (χ0n) is 14.8. The Morgan fingerprint density at radius 1 is 1.24 bits per heavy atom. The predicted molar refractivity (Wildman–Crippen MR) is 100 cm³/mol. The zero-order valence-corrected chi connectivity index (χ0v) is 15.6. The van der Waals surface area contributed by atoms with E-state index in [2.05, 4.69) is 55.3 Å². The van der Waals surface area contributed by atoms with Gasteiger partial charge in [-0.1, -0.05) is 57.1 Å². The van der Waals surface area contributed by atoms with Gasteiger partial charge in [-0.05, 0) is 12.0 Å². The quantitative estimate of drug-likeness (QED) is 0.722. The van der Waals surface area contributed by atoms with E-state index < -0.39 is 0 Å². The van der Waals surface area contributed by atoms with E-state index in [4.69, 9.17) is 4.52 Å². The van der Waals surface area contributed by atoms with Crippen LogP contribution >= 0.6 is 11.3 Å². The van der Waals surface area contributed by atoms with Crippen molar-refractivity contribution in [2.24, 2.45) is 0 Å². The third-order valence-corrected chi connectivity index (χ3v) is 5.20. The molecule has 0 saturated heterocycles. The van der Waals surface area contributed by atoms with E-state index in [9.17, 15) is 4.79 Å². The lowest BCUT2D eigenvalue weighted by atomic mass is 9.98. The highest BCUT2D eigenvalue weighted by atomic mass is 32.1. The minimum Gasteiger partial charge on any atom is -0.338 e. The van der Waals surface area contributed by atoms with Crippen molar-refractivity contribution in [3.63, 3.8) is 0 Å². The van der Waals surface area contributed by atoms with Gasteiger partial charge in [0.05, 0.1) is 11.2 Å². The van der Waals surface area contributed by atoms with Crippen molar-refractivity contribution in [1.29, 1.82) is 0 Å². The summed E-state index contributed by atoms with van der Waals surface area (Å²) in [6.07, 6.45) is 2.59. The standard InChI is InChI=1S/C19H21N3O2S/c1-5-12-6-8-13(9-7-12)14-10-16(24-22-14)21-17(23)15-11-20-18(25-15)19(2,3)4/h6-11H,5H2,1-4H3,(H,21,23). The first-order chi connectivity index (χ1) is 11.9. The van der Waals surface area contributed by atoms with Gasteiger partial charge in [-0.15, -0.1) is 11.3 Å². The van der Waals surface area contributed by atoms with Gasteiger partial charge in [-0.25, -0.2) is 4.98 Å². The molecule has 2 aromatic heterocycles. The van der Waals surface area contributed by atoms with Crippen molar-refractivity contribution in [1.82, 2.24) is 10.1 Å². The van der Waals surface area contributed by atoms with Crippen molar-refractivity contribution < 1.29 is 9.32 Å². The third kappa shape index (κ3) is 3.96. The number of carbonyl (C=O) groups excluding carboxylic acids is 1. The van der Waals surface area contributed by atoms with Gasteiger partial charge < -0.3 is 4.52 Å². The number of nitrogens with zero attached hydrogens (tertiary/aromatic N) is 2. The monoisotopic (exact) mass is 355 g/mol. The maximum Gasteiger partial charge on any atom is 0.269 e. The molecule has 0 radical (unpaired) electrons. The van der Waals surface area contributed by atoms with Gasteiger partial charge in [0.15, 0.2) is 0 Å². The normalized spacial score (nSPS) is 11.5. The third-order valence-electron chi connectivity index (χ3n) is 3.78. The average Bonchev–Trinajstić information content (AvgIpc) is 3.24. The second-order valence-corrected chi connectivity index (χ2v) is 7.89. The number of nitrogens with one attached hydrogen (secondary N) is 1. The Balaban J connectivity index is 1.72. The molecule has 3 aromatic rings. The molecule has 6 heteroatoms. The molecule has 25 heavy (non-hydrogen) atoms. The molecule has 130 valence electrons. The van der Waals surface area contributed by atoms with E-state index in [0.717, 1.165) is 17.0 Å². The lowest BCUT2D eigenvalue weighted by Gasteiger charge is -2.13. The number of thiazole rings is 1. The number of hydrogen-bond acceptors (Lipinski definition) is 5. The van der Waals surface area contributed by atoms with Crippen LogP contribution in [0.15, 0.2) is 41.1 Å². The average molecular weight is 355 g/mol. The van der Waals surface area contributed by atoms with Crippen molar-refractivity contribution in [3.05, 3.63) is 52.0 Å². The number of rotatable bonds is 4. The highest BCUT2D eigenvalue weighted by molar-refractivity contribution is 7.13. The van der Waals surface area contributed by atoms with Gasteiger partial charge in [0.1, 0.15) is 10.6 Å². The maximum atomic E-state index is 12.4. The SMILES string of the molecule is CCc1ccc(-c2cc(NC(=O)c3cnc(C(C)(C)C)s3)on2)cc1. The molecule has 5 nitrogen and oxygen atoms in total. The highest BCUT2D eigenvalue weighted by Crippen LogP contribution is 2.28. The molecule has 1 N–H and O–H groups in total. The van der Waals surface area contributed by atoms with Gasteiger partial charge in [-0.2, -0.15) is 0 Å². The molecule has 0 fully saturated rings. The van der Waals surface area contributed by atoms with E-state index in [1.54, 1.807) is 12.3 Å². The van der Waals surface area contributed by atoms with E-state index in [1.165, 1.54) is 16.9 Å². The van der Waals surface area contributed by atoms with Crippen LogP contribution in [0.1, 0.15) is 47.9 Å². The first kappa shape index (κ1) is 17.4. The van der Waals surface area contributed by atoms with Crippen LogP contribution in [0.5, 0.6) is 0 Å². The fraction of sp³-hybridized carbons (Fsp3) is 0.316. The Kier molecular flexibility index (Phi) is 4.72. The minimum atomic E-state index is -0.239. The number of carbonyl (C=O) groups is 1. The minimum absolute atomic E-state index is 0.0761. The number of hydrogen-bond donors (Lipinski definition) is 1. The fourth-order valence-corrected chi connectivity index (χ4v) is 3.15. The van der Waals surface area contributed by atoms with E-state index >= 15 is 0 Å². The molecule has 3 rings (SSSR count). The Morgan fingerprint density at radius 3 is 2.56 bits per heavy atom. The summed E-state index contributed by atoms with van der Waals surface area (Å²) in [5.41, 5.74) is 2.83. The van der Waals surface area contributed by atoms with Gasteiger partial charge >= 0.3 is 0 Å². The zero-order chi connectivity index (χ0) is 18.0. The van der Waals surface area contributed by atoms with Crippen LogP contribution in [0, 0.1) is 0 Å².